The quantitative estimate of drug-likeness (QED) is 0.627. The fourth-order valence-corrected chi connectivity index (χ4v) is 2.43. The van der Waals surface area contributed by atoms with Crippen LogP contribution in [0, 0.1) is 0 Å². The average molecular weight is 306 g/mol. The maximum Gasteiger partial charge on any atom is 0.228 e. The summed E-state index contributed by atoms with van der Waals surface area (Å²) in [5, 5.41) is 13.3. The van der Waals surface area contributed by atoms with Gasteiger partial charge in [-0.05, 0) is 42.3 Å². The van der Waals surface area contributed by atoms with E-state index in [1.165, 1.54) is 0 Å². The Kier molecular flexibility index (Phi) is 3.36. The van der Waals surface area contributed by atoms with Gasteiger partial charge in [0.2, 0.25) is 5.89 Å². The van der Waals surface area contributed by atoms with E-state index in [4.69, 9.17) is 9.52 Å². The van der Waals surface area contributed by atoms with Gasteiger partial charge in [0, 0.05) is 25.2 Å². The zero-order chi connectivity index (χ0) is 15.6. The van der Waals surface area contributed by atoms with E-state index < -0.39 is 0 Å². The Morgan fingerprint density at radius 3 is 2.96 bits per heavy atom. The molecule has 0 radical (unpaired) electrons. The van der Waals surface area contributed by atoms with Gasteiger partial charge in [0.05, 0.1) is 17.4 Å². The van der Waals surface area contributed by atoms with Gasteiger partial charge in [0.15, 0.2) is 5.58 Å². The third-order valence-electron chi connectivity index (χ3n) is 3.58. The van der Waals surface area contributed by atoms with Crippen molar-refractivity contribution in [3.63, 3.8) is 0 Å². The van der Waals surface area contributed by atoms with Gasteiger partial charge in [-0.1, -0.05) is 0 Å². The highest BCUT2D eigenvalue weighted by atomic mass is 16.3. The third kappa shape index (κ3) is 2.60. The van der Waals surface area contributed by atoms with Crippen LogP contribution in [0.2, 0.25) is 0 Å². The number of hydrogen-bond donors (Lipinski definition) is 1. The van der Waals surface area contributed by atoms with E-state index >= 15 is 0 Å². The minimum Gasteiger partial charge on any atom is -0.436 e. The standard InChI is InChI=1S/C17H14N4O2/c22-7-5-12-9-19-21(11-12)14-3-4-16-15(8-14)20-17(23-16)13-2-1-6-18-10-13/h1-4,6,8-11,22H,5,7H2. The number of oxazole rings is 1. The molecule has 0 aliphatic rings. The molecule has 0 unspecified atom stereocenters. The second-order valence-electron chi connectivity index (χ2n) is 5.18. The minimum atomic E-state index is 0.114. The zero-order valence-electron chi connectivity index (χ0n) is 12.3. The summed E-state index contributed by atoms with van der Waals surface area (Å²) in [5.41, 5.74) is 4.21. The first-order valence-corrected chi connectivity index (χ1v) is 7.29. The molecule has 4 rings (SSSR count). The van der Waals surface area contributed by atoms with E-state index in [0.717, 1.165) is 27.9 Å². The normalized spacial score (nSPS) is 11.2. The van der Waals surface area contributed by atoms with Crippen LogP contribution in [-0.4, -0.2) is 31.5 Å². The molecule has 0 spiro atoms. The highest BCUT2D eigenvalue weighted by Crippen LogP contribution is 2.25. The summed E-state index contributed by atoms with van der Waals surface area (Å²) in [6.07, 6.45) is 7.69. The highest BCUT2D eigenvalue weighted by Gasteiger charge is 2.10. The van der Waals surface area contributed by atoms with Crippen LogP contribution in [0.4, 0.5) is 0 Å². The Labute approximate surface area is 132 Å². The molecule has 0 amide bonds. The van der Waals surface area contributed by atoms with Crippen molar-refractivity contribution in [2.75, 3.05) is 6.61 Å². The molecule has 23 heavy (non-hydrogen) atoms. The smallest absolute Gasteiger partial charge is 0.228 e. The second kappa shape index (κ2) is 5.66. The number of nitrogens with zero attached hydrogens (tertiary/aromatic N) is 4. The summed E-state index contributed by atoms with van der Waals surface area (Å²) in [6, 6.07) is 9.49. The van der Waals surface area contributed by atoms with E-state index in [9.17, 15) is 0 Å². The molecule has 6 heteroatoms. The van der Waals surface area contributed by atoms with Crippen molar-refractivity contribution in [2.24, 2.45) is 0 Å². The number of aliphatic hydroxyl groups excluding tert-OH is 1. The maximum atomic E-state index is 8.99. The van der Waals surface area contributed by atoms with E-state index in [-0.39, 0.29) is 6.61 Å². The first-order chi connectivity index (χ1) is 11.3. The second-order valence-corrected chi connectivity index (χ2v) is 5.18. The van der Waals surface area contributed by atoms with Gasteiger partial charge in [-0.3, -0.25) is 4.98 Å². The number of aliphatic hydroxyl groups is 1. The van der Waals surface area contributed by atoms with Crippen LogP contribution in [0.5, 0.6) is 0 Å². The van der Waals surface area contributed by atoms with Gasteiger partial charge in [0.1, 0.15) is 5.52 Å². The van der Waals surface area contributed by atoms with Crippen molar-refractivity contribution in [1.82, 2.24) is 19.7 Å². The number of benzene rings is 1. The molecule has 0 atom stereocenters. The molecule has 3 aromatic heterocycles. The largest absolute Gasteiger partial charge is 0.436 e. The van der Waals surface area contributed by atoms with Gasteiger partial charge >= 0.3 is 0 Å². The fraction of sp³-hybridized carbons (Fsp3) is 0.118. The summed E-state index contributed by atoms with van der Waals surface area (Å²) in [6.45, 7) is 0.114. The van der Waals surface area contributed by atoms with E-state index in [1.54, 1.807) is 23.3 Å². The predicted molar refractivity (Wildman–Crippen MR) is 85.2 cm³/mol. The van der Waals surface area contributed by atoms with Crippen molar-refractivity contribution >= 4 is 11.1 Å². The van der Waals surface area contributed by atoms with Crippen LogP contribution in [-0.2, 0) is 6.42 Å². The van der Waals surface area contributed by atoms with Gasteiger partial charge in [-0.25, -0.2) is 9.67 Å². The fourth-order valence-electron chi connectivity index (χ4n) is 2.43. The van der Waals surface area contributed by atoms with Crippen LogP contribution in [0.25, 0.3) is 28.2 Å². The molecule has 3 heterocycles. The lowest BCUT2D eigenvalue weighted by Crippen LogP contribution is -1.94. The van der Waals surface area contributed by atoms with Crippen molar-refractivity contribution < 1.29 is 9.52 Å². The van der Waals surface area contributed by atoms with Crippen LogP contribution in [0.1, 0.15) is 5.56 Å². The zero-order valence-corrected chi connectivity index (χ0v) is 12.3. The first-order valence-electron chi connectivity index (χ1n) is 7.29. The maximum absolute atomic E-state index is 8.99. The predicted octanol–water partition coefficient (Wildman–Crippen LogP) is 2.61. The van der Waals surface area contributed by atoms with Crippen LogP contribution < -0.4 is 0 Å². The topological polar surface area (TPSA) is 77.0 Å². The van der Waals surface area contributed by atoms with Crippen molar-refractivity contribution in [3.8, 4) is 17.1 Å². The molecule has 1 aromatic carbocycles. The molecule has 0 fully saturated rings. The molecule has 0 aliphatic heterocycles. The summed E-state index contributed by atoms with van der Waals surface area (Å²) in [4.78, 5) is 8.61. The Hall–Kier alpha value is -2.99. The van der Waals surface area contributed by atoms with E-state index in [1.807, 2.05) is 36.5 Å². The third-order valence-corrected chi connectivity index (χ3v) is 3.58. The monoisotopic (exact) mass is 306 g/mol. The molecule has 0 aliphatic carbocycles. The van der Waals surface area contributed by atoms with Crippen molar-refractivity contribution in [1.29, 1.82) is 0 Å². The lowest BCUT2D eigenvalue weighted by molar-refractivity contribution is 0.299. The lowest BCUT2D eigenvalue weighted by Gasteiger charge is -1.99. The van der Waals surface area contributed by atoms with E-state index in [2.05, 4.69) is 15.1 Å². The summed E-state index contributed by atoms with van der Waals surface area (Å²) in [5.74, 6) is 0.548. The Morgan fingerprint density at radius 2 is 2.13 bits per heavy atom. The first kappa shape index (κ1) is 13.7. The van der Waals surface area contributed by atoms with Crippen LogP contribution in [0.3, 0.4) is 0 Å². The van der Waals surface area contributed by atoms with Gasteiger partial charge < -0.3 is 9.52 Å². The summed E-state index contributed by atoms with van der Waals surface area (Å²) < 4.78 is 7.54. The SMILES string of the molecule is OCCc1cnn(-c2ccc3oc(-c4cccnc4)nc3c2)c1. The average Bonchev–Trinajstić information content (AvgIpc) is 3.22. The summed E-state index contributed by atoms with van der Waals surface area (Å²) >= 11 is 0. The highest BCUT2D eigenvalue weighted by molar-refractivity contribution is 5.78. The summed E-state index contributed by atoms with van der Waals surface area (Å²) in [7, 11) is 0. The molecule has 0 saturated heterocycles. The number of fused-ring (bicyclic) bond motifs is 1. The Bertz CT molecular complexity index is 944. The number of hydrogen-bond acceptors (Lipinski definition) is 5. The Balaban J connectivity index is 1.72. The van der Waals surface area contributed by atoms with E-state index in [0.29, 0.717) is 12.3 Å². The van der Waals surface area contributed by atoms with Gasteiger partial charge in [-0.15, -0.1) is 0 Å². The molecule has 4 aromatic rings. The van der Waals surface area contributed by atoms with Crippen LogP contribution >= 0.6 is 0 Å². The molecular formula is C17H14N4O2. The minimum absolute atomic E-state index is 0.114. The number of pyridine rings is 1. The molecule has 1 N–H and O–H groups in total. The molecular weight excluding hydrogens is 292 g/mol. The van der Waals surface area contributed by atoms with Crippen LogP contribution in [0.15, 0.2) is 59.5 Å². The molecule has 6 nitrogen and oxygen atoms in total. The Morgan fingerprint density at radius 1 is 1.17 bits per heavy atom. The van der Waals surface area contributed by atoms with Gasteiger partial charge in [0.25, 0.3) is 0 Å². The van der Waals surface area contributed by atoms with Gasteiger partial charge in [-0.2, -0.15) is 5.10 Å². The molecule has 0 saturated carbocycles. The van der Waals surface area contributed by atoms with Crippen molar-refractivity contribution in [3.05, 3.63) is 60.7 Å². The molecule has 114 valence electrons. The molecule has 0 bridgehead atoms. The number of rotatable bonds is 4. The lowest BCUT2D eigenvalue weighted by atomic mass is 10.2. The number of aromatic nitrogens is 4. The van der Waals surface area contributed by atoms with Crippen molar-refractivity contribution in [2.45, 2.75) is 6.42 Å².